The Morgan fingerprint density at radius 3 is 2.19 bits per heavy atom. The molecular weight excluding hydrogens is 248 g/mol. The zero-order chi connectivity index (χ0) is 12.5. The highest BCUT2D eigenvalue weighted by Gasteiger charge is 2.46. The Bertz CT molecular complexity index is 327. The molecule has 0 radical (unpaired) electrons. The SMILES string of the molecule is O=S(=O)(O)O[C@@H]1[C@@H](O)[C@@H](O)[C@@H](CO)O[C@H]1O. The molecule has 1 rings (SSSR count). The van der Waals surface area contributed by atoms with Gasteiger partial charge in [-0.05, 0) is 0 Å². The summed E-state index contributed by atoms with van der Waals surface area (Å²) in [7, 11) is -4.91. The highest BCUT2D eigenvalue weighted by molar-refractivity contribution is 7.80. The van der Waals surface area contributed by atoms with Crippen LogP contribution in [0.5, 0.6) is 0 Å². The zero-order valence-corrected chi connectivity index (χ0v) is 8.69. The predicted molar refractivity (Wildman–Crippen MR) is 46.4 cm³/mol. The summed E-state index contributed by atoms with van der Waals surface area (Å²) < 4.78 is 37.6. The molecule has 1 aliphatic rings. The summed E-state index contributed by atoms with van der Waals surface area (Å²) in [5, 5.41) is 36.6. The van der Waals surface area contributed by atoms with E-state index in [0.717, 1.165) is 0 Å². The third kappa shape index (κ3) is 3.09. The van der Waals surface area contributed by atoms with Crippen LogP contribution in [0.3, 0.4) is 0 Å². The molecule has 0 amide bonds. The molecular formula is C6H12O9S. The Kier molecular flexibility index (Phi) is 4.20. The van der Waals surface area contributed by atoms with Gasteiger partial charge in [-0.3, -0.25) is 4.55 Å². The normalized spacial score (nSPS) is 40.9. The summed E-state index contributed by atoms with van der Waals surface area (Å²) >= 11 is 0. The Morgan fingerprint density at radius 2 is 1.75 bits per heavy atom. The molecule has 96 valence electrons. The molecule has 1 saturated heterocycles. The van der Waals surface area contributed by atoms with E-state index in [1.165, 1.54) is 0 Å². The lowest BCUT2D eigenvalue weighted by Gasteiger charge is -2.38. The predicted octanol–water partition coefficient (Wildman–Crippen LogP) is -3.39. The van der Waals surface area contributed by atoms with Gasteiger partial charge in [0.05, 0.1) is 6.61 Å². The van der Waals surface area contributed by atoms with Crippen LogP contribution < -0.4 is 0 Å². The fourth-order valence-corrected chi connectivity index (χ4v) is 1.81. The van der Waals surface area contributed by atoms with E-state index >= 15 is 0 Å². The van der Waals surface area contributed by atoms with Crippen LogP contribution in [-0.2, 0) is 19.3 Å². The van der Waals surface area contributed by atoms with Crippen LogP contribution in [0.25, 0.3) is 0 Å². The smallest absolute Gasteiger partial charge is 0.394 e. The van der Waals surface area contributed by atoms with Crippen molar-refractivity contribution >= 4 is 10.4 Å². The van der Waals surface area contributed by atoms with Crippen LogP contribution in [0.15, 0.2) is 0 Å². The molecule has 0 bridgehead atoms. The summed E-state index contributed by atoms with van der Waals surface area (Å²) in [6.07, 6.45) is -8.53. The second-order valence-electron chi connectivity index (χ2n) is 3.22. The molecule has 1 heterocycles. The Labute approximate surface area is 90.8 Å². The molecule has 1 aliphatic heterocycles. The number of aliphatic hydroxyl groups excluding tert-OH is 4. The van der Waals surface area contributed by atoms with Crippen molar-refractivity contribution < 1.29 is 42.3 Å². The molecule has 16 heavy (non-hydrogen) atoms. The number of aliphatic hydroxyl groups is 4. The van der Waals surface area contributed by atoms with E-state index in [1.807, 2.05) is 0 Å². The molecule has 10 heteroatoms. The van der Waals surface area contributed by atoms with Crippen molar-refractivity contribution in [3.63, 3.8) is 0 Å². The molecule has 0 aromatic rings. The minimum Gasteiger partial charge on any atom is -0.394 e. The summed E-state index contributed by atoms with van der Waals surface area (Å²) in [6, 6.07) is 0. The topological polar surface area (TPSA) is 154 Å². The van der Waals surface area contributed by atoms with Crippen LogP contribution in [0.4, 0.5) is 0 Å². The maximum absolute atomic E-state index is 10.4. The third-order valence-corrected chi connectivity index (χ3v) is 2.54. The van der Waals surface area contributed by atoms with E-state index in [9.17, 15) is 23.7 Å². The first-order valence-electron chi connectivity index (χ1n) is 4.22. The monoisotopic (exact) mass is 260 g/mol. The molecule has 5 N–H and O–H groups in total. The molecule has 1 fully saturated rings. The Balaban J connectivity index is 2.80. The van der Waals surface area contributed by atoms with Gasteiger partial charge in [0, 0.05) is 0 Å². The van der Waals surface area contributed by atoms with Gasteiger partial charge in [-0.1, -0.05) is 0 Å². The van der Waals surface area contributed by atoms with Gasteiger partial charge in [-0.2, -0.15) is 8.42 Å². The summed E-state index contributed by atoms with van der Waals surface area (Å²) in [5.41, 5.74) is 0. The molecule has 0 spiro atoms. The summed E-state index contributed by atoms with van der Waals surface area (Å²) in [6.45, 7) is -0.687. The average Bonchev–Trinajstić information content (AvgIpc) is 2.17. The first kappa shape index (κ1) is 13.7. The molecule has 0 aliphatic carbocycles. The van der Waals surface area contributed by atoms with Gasteiger partial charge in [0.2, 0.25) is 0 Å². The lowest BCUT2D eigenvalue weighted by Crippen LogP contribution is -2.59. The van der Waals surface area contributed by atoms with Crippen LogP contribution in [0.2, 0.25) is 0 Å². The largest absolute Gasteiger partial charge is 0.397 e. The fourth-order valence-electron chi connectivity index (χ4n) is 1.32. The minimum absolute atomic E-state index is 0.687. The molecule has 0 aromatic heterocycles. The van der Waals surface area contributed by atoms with Gasteiger partial charge in [-0.15, -0.1) is 0 Å². The summed E-state index contributed by atoms with van der Waals surface area (Å²) in [5.74, 6) is 0. The van der Waals surface area contributed by atoms with E-state index < -0.39 is 47.7 Å². The fraction of sp³-hybridized carbons (Fsp3) is 1.00. The van der Waals surface area contributed by atoms with Crippen LogP contribution >= 0.6 is 0 Å². The van der Waals surface area contributed by atoms with Crippen molar-refractivity contribution in [2.24, 2.45) is 0 Å². The number of hydrogen-bond donors (Lipinski definition) is 5. The van der Waals surface area contributed by atoms with Crippen LogP contribution in [0.1, 0.15) is 0 Å². The van der Waals surface area contributed by atoms with Crippen molar-refractivity contribution in [1.82, 2.24) is 0 Å². The molecule has 0 saturated carbocycles. The highest BCUT2D eigenvalue weighted by atomic mass is 32.3. The van der Waals surface area contributed by atoms with E-state index in [1.54, 1.807) is 0 Å². The van der Waals surface area contributed by atoms with Crippen molar-refractivity contribution in [2.45, 2.75) is 30.7 Å². The standard InChI is InChI=1S/C6H12O9S/c7-1-2-3(8)4(9)5(6(10)14-2)15-16(11,12)13/h2-10H,1H2,(H,11,12,13)/t2-,3+,4+,5-,6-/m1/s1. The van der Waals surface area contributed by atoms with Crippen LogP contribution in [-0.4, -0.2) is 70.7 Å². The molecule has 0 unspecified atom stereocenters. The Hall–Kier alpha value is -0.330. The summed E-state index contributed by atoms with van der Waals surface area (Å²) in [4.78, 5) is 0. The lowest BCUT2D eigenvalue weighted by molar-refractivity contribution is -0.280. The first-order chi connectivity index (χ1) is 7.26. The van der Waals surface area contributed by atoms with Crippen LogP contribution in [0, 0.1) is 0 Å². The van der Waals surface area contributed by atoms with Crippen molar-refractivity contribution in [2.75, 3.05) is 6.61 Å². The van der Waals surface area contributed by atoms with E-state index in [0.29, 0.717) is 0 Å². The van der Waals surface area contributed by atoms with E-state index in [-0.39, 0.29) is 0 Å². The average molecular weight is 260 g/mol. The zero-order valence-electron chi connectivity index (χ0n) is 7.87. The number of hydrogen-bond acceptors (Lipinski definition) is 8. The maximum atomic E-state index is 10.4. The highest BCUT2D eigenvalue weighted by Crippen LogP contribution is 2.22. The van der Waals surface area contributed by atoms with Gasteiger partial charge >= 0.3 is 10.4 Å². The van der Waals surface area contributed by atoms with Gasteiger partial charge in [0.25, 0.3) is 0 Å². The third-order valence-electron chi connectivity index (χ3n) is 2.08. The van der Waals surface area contributed by atoms with Gasteiger partial charge in [0.1, 0.15) is 18.3 Å². The van der Waals surface area contributed by atoms with Gasteiger partial charge in [0.15, 0.2) is 12.4 Å². The second kappa shape index (κ2) is 4.89. The van der Waals surface area contributed by atoms with Gasteiger partial charge < -0.3 is 25.2 Å². The van der Waals surface area contributed by atoms with E-state index in [4.69, 9.17) is 9.66 Å². The lowest BCUT2D eigenvalue weighted by atomic mass is 9.99. The number of rotatable bonds is 3. The maximum Gasteiger partial charge on any atom is 0.397 e. The van der Waals surface area contributed by atoms with E-state index in [2.05, 4.69) is 8.92 Å². The Morgan fingerprint density at radius 1 is 1.19 bits per heavy atom. The van der Waals surface area contributed by atoms with Crippen molar-refractivity contribution in [3.05, 3.63) is 0 Å². The first-order valence-corrected chi connectivity index (χ1v) is 5.59. The van der Waals surface area contributed by atoms with Gasteiger partial charge in [-0.25, -0.2) is 4.18 Å². The second-order valence-corrected chi connectivity index (χ2v) is 4.27. The quantitative estimate of drug-likeness (QED) is 0.327. The molecule has 0 aromatic carbocycles. The molecule has 9 nitrogen and oxygen atoms in total. The molecule has 5 atom stereocenters. The minimum atomic E-state index is -4.91. The van der Waals surface area contributed by atoms with Crippen molar-refractivity contribution in [1.29, 1.82) is 0 Å². The number of ether oxygens (including phenoxy) is 1. The van der Waals surface area contributed by atoms with Crippen molar-refractivity contribution in [3.8, 4) is 0 Å².